The minimum Gasteiger partial charge on any atom is -0.508 e. The summed E-state index contributed by atoms with van der Waals surface area (Å²) in [6.07, 6.45) is 6.35. The first-order valence-corrected chi connectivity index (χ1v) is 5.91. The first-order valence-electron chi connectivity index (χ1n) is 5.91. The molecule has 1 aromatic carbocycles. The fourth-order valence-electron chi connectivity index (χ4n) is 2.64. The van der Waals surface area contributed by atoms with Crippen LogP contribution in [0, 0.1) is 0 Å². The summed E-state index contributed by atoms with van der Waals surface area (Å²) in [5.41, 5.74) is 2.73. The van der Waals surface area contributed by atoms with Crippen LogP contribution in [0.3, 0.4) is 0 Å². The summed E-state index contributed by atoms with van der Waals surface area (Å²) in [5, 5.41) is 13.1. The number of aromatic hydroxyl groups is 1. The Morgan fingerprint density at radius 3 is 2.80 bits per heavy atom. The molecule has 0 radical (unpaired) electrons. The van der Waals surface area contributed by atoms with E-state index in [-0.39, 0.29) is 0 Å². The van der Waals surface area contributed by atoms with Crippen LogP contribution in [0.4, 0.5) is 0 Å². The van der Waals surface area contributed by atoms with Crippen molar-refractivity contribution >= 4 is 0 Å². The Morgan fingerprint density at radius 2 is 2.07 bits per heavy atom. The number of aryl methyl sites for hydroxylation is 1. The van der Waals surface area contributed by atoms with Crippen LogP contribution in [0.15, 0.2) is 18.2 Å². The van der Waals surface area contributed by atoms with Gasteiger partial charge in [0, 0.05) is 12.1 Å². The molecule has 2 aliphatic rings. The SMILES string of the molecule is Oc1ccc2c(c1)CCC2NC1CCC1. The van der Waals surface area contributed by atoms with Crippen molar-refractivity contribution in [1.82, 2.24) is 5.32 Å². The number of fused-ring (bicyclic) bond motifs is 1. The standard InChI is InChI=1S/C13H17NO/c15-11-5-6-12-9(8-11)4-7-13(12)14-10-2-1-3-10/h5-6,8,10,13-15H,1-4,7H2. The van der Waals surface area contributed by atoms with Gasteiger partial charge in [0.15, 0.2) is 0 Å². The topological polar surface area (TPSA) is 32.3 Å². The molecular weight excluding hydrogens is 186 g/mol. The van der Waals surface area contributed by atoms with Gasteiger partial charge in [-0.25, -0.2) is 0 Å². The van der Waals surface area contributed by atoms with E-state index in [0.717, 1.165) is 12.5 Å². The van der Waals surface area contributed by atoms with Crippen molar-refractivity contribution in [2.24, 2.45) is 0 Å². The quantitative estimate of drug-likeness (QED) is 0.774. The summed E-state index contributed by atoms with van der Waals surface area (Å²) in [7, 11) is 0. The number of nitrogens with one attached hydrogen (secondary N) is 1. The lowest BCUT2D eigenvalue weighted by Gasteiger charge is -2.30. The van der Waals surface area contributed by atoms with Gasteiger partial charge in [-0.2, -0.15) is 0 Å². The highest BCUT2D eigenvalue weighted by atomic mass is 16.3. The molecule has 0 spiro atoms. The molecule has 1 atom stereocenters. The first-order chi connectivity index (χ1) is 7.33. The van der Waals surface area contributed by atoms with Gasteiger partial charge in [0.1, 0.15) is 5.75 Å². The number of phenolic OH excluding ortho intramolecular Hbond substituents is 1. The van der Waals surface area contributed by atoms with E-state index in [4.69, 9.17) is 0 Å². The summed E-state index contributed by atoms with van der Waals surface area (Å²) in [5.74, 6) is 0.401. The van der Waals surface area contributed by atoms with Gasteiger partial charge in [-0.1, -0.05) is 12.5 Å². The van der Waals surface area contributed by atoms with E-state index in [1.54, 1.807) is 6.07 Å². The number of phenols is 1. The fraction of sp³-hybridized carbons (Fsp3) is 0.538. The van der Waals surface area contributed by atoms with Crippen molar-refractivity contribution in [3.05, 3.63) is 29.3 Å². The number of hydrogen-bond donors (Lipinski definition) is 2. The molecule has 1 aromatic rings. The maximum absolute atomic E-state index is 9.40. The summed E-state index contributed by atoms with van der Waals surface area (Å²) in [4.78, 5) is 0. The van der Waals surface area contributed by atoms with E-state index in [9.17, 15) is 5.11 Å². The molecule has 2 N–H and O–H groups in total. The van der Waals surface area contributed by atoms with Crippen LogP contribution in [0.1, 0.15) is 42.9 Å². The second-order valence-corrected chi connectivity index (χ2v) is 4.77. The Morgan fingerprint density at radius 1 is 1.20 bits per heavy atom. The molecule has 0 aromatic heterocycles. The Labute approximate surface area is 90.3 Å². The van der Waals surface area contributed by atoms with Crippen LogP contribution in [0.5, 0.6) is 5.75 Å². The molecule has 0 amide bonds. The number of rotatable bonds is 2. The zero-order chi connectivity index (χ0) is 10.3. The van der Waals surface area contributed by atoms with E-state index in [0.29, 0.717) is 11.8 Å². The molecule has 0 heterocycles. The van der Waals surface area contributed by atoms with Gasteiger partial charge in [0.05, 0.1) is 0 Å². The molecule has 2 nitrogen and oxygen atoms in total. The largest absolute Gasteiger partial charge is 0.508 e. The van der Waals surface area contributed by atoms with Crippen LogP contribution in [0.2, 0.25) is 0 Å². The fourth-order valence-corrected chi connectivity index (χ4v) is 2.64. The van der Waals surface area contributed by atoms with E-state index < -0.39 is 0 Å². The minimum absolute atomic E-state index is 0.401. The van der Waals surface area contributed by atoms with Gasteiger partial charge in [-0.05, 0) is 48.9 Å². The molecular formula is C13H17NO. The predicted molar refractivity (Wildman–Crippen MR) is 59.9 cm³/mol. The van der Waals surface area contributed by atoms with Gasteiger partial charge < -0.3 is 10.4 Å². The van der Waals surface area contributed by atoms with E-state index >= 15 is 0 Å². The van der Waals surface area contributed by atoms with Crippen LogP contribution < -0.4 is 5.32 Å². The average Bonchev–Trinajstić information content (AvgIpc) is 2.54. The molecule has 0 aliphatic heterocycles. The second kappa shape index (κ2) is 3.53. The highest BCUT2D eigenvalue weighted by Gasteiger charge is 2.27. The molecule has 1 unspecified atom stereocenters. The summed E-state index contributed by atoms with van der Waals surface area (Å²) >= 11 is 0. The van der Waals surface area contributed by atoms with Gasteiger partial charge in [-0.3, -0.25) is 0 Å². The third-order valence-corrected chi connectivity index (χ3v) is 3.75. The van der Waals surface area contributed by atoms with Crippen LogP contribution >= 0.6 is 0 Å². The lowest BCUT2D eigenvalue weighted by molar-refractivity contribution is 0.304. The predicted octanol–water partition coefficient (Wildman–Crippen LogP) is 2.52. The average molecular weight is 203 g/mol. The Kier molecular flexibility index (Phi) is 2.17. The van der Waals surface area contributed by atoms with E-state index in [1.807, 2.05) is 6.07 Å². The third kappa shape index (κ3) is 1.63. The number of hydrogen-bond acceptors (Lipinski definition) is 2. The normalized spacial score (nSPS) is 24.9. The monoisotopic (exact) mass is 203 g/mol. The molecule has 1 fully saturated rings. The summed E-state index contributed by atoms with van der Waals surface area (Å²) < 4.78 is 0. The molecule has 0 bridgehead atoms. The molecule has 3 rings (SSSR count). The van der Waals surface area contributed by atoms with Gasteiger partial charge in [0.2, 0.25) is 0 Å². The molecule has 80 valence electrons. The second-order valence-electron chi connectivity index (χ2n) is 4.77. The third-order valence-electron chi connectivity index (χ3n) is 3.75. The maximum Gasteiger partial charge on any atom is 0.115 e. The number of benzene rings is 1. The minimum atomic E-state index is 0.401. The molecule has 0 saturated heterocycles. The smallest absolute Gasteiger partial charge is 0.115 e. The van der Waals surface area contributed by atoms with Crippen LogP contribution in [0.25, 0.3) is 0 Å². The highest BCUT2D eigenvalue weighted by Crippen LogP contribution is 2.35. The van der Waals surface area contributed by atoms with Crippen LogP contribution in [-0.4, -0.2) is 11.1 Å². The maximum atomic E-state index is 9.40. The van der Waals surface area contributed by atoms with Gasteiger partial charge >= 0.3 is 0 Å². The summed E-state index contributed by atoms with van der Waals surface area (Å²) in [6, 6.07) is 7.08. The van der Waals surface area contributed by atoms with Crippen molar-refractivity contribution in [2.45, 2.75) is 44.2 Å². The molecule has 15 heavy (non-hydrogen) atoms. The van der Waals surface area contributed by atoms with Crippen molar-refractivity contribution in [3.63, 3.8) is 0 Å². The van der Waals surface area contributed by atoms with Crippen LogP contribution in [-0.2, 0) is 6.42 Å². The zero-order valence-electron chi connectivity index (χ0n) is 8.87. The Hall–Kier alpha value is -1.02. The Balaban J connectivity index is 1.78. The van der Waals surface area contributed by atoms with E-state index in [2.05, 4.69) is 11.4 Å². The first kappa shape index (κ1) is 9.22. The zero-order valence-corrected chi connectivity index (χ0v) is 8.87. The lowest BCUT2D eigenvalue weighted by Crippen LogP contribution is -2.37. The van der Waals surface area contributed by atoms with Gasteiger partial charge in [0.25, 0.3) is 0 Å². The summed E-state index contributed by atoms with van der Waals surface area (Å²) in [6.45, 7) is 0. The molecule has 2 aliphatic carbocycles. The van der Waals surface area contributed by atoms with Gasteiger partial charge in [-0.15, -0.1) is 0 Å². The molecule has 1 saturated carbocycles. The molecule has 2 heteroatoms. The lowest BCUT2D eigenvalue weighted by atomic mass is 9.92. The van der Waals surface area contributed by atoms with Crippen molar-refractivity contribution in [1.29, 1.82) is 0 Å². The van der Waals surface area contributed by atoms with Crippen molar-refractivity contribution < 1.29 is 5.11 Å². The van der Waals surface area contributed by atoms with Crippen molar-refractivity contribution in [2.75, 3.05) is 0 Å². The Bertz CT molecular complexity index is 371. The van der Waals surface area contributed by atoms with E-state index in [1.165, 1.54) is 36.8 Å². The highest BCUT2D eigenvalue weighted by molar-refractivity contribution is 5.40. The van der Waals surface area contributed by atoms with Crippen molar-refractivity contribution in [3.8, 4) is 5.75 Å².